The summed E-state index contributed by atoms with van der Waals surface area (Å²) in [6.07, 6.45) is 2.71. The molecule has 1 unspecified atom stereocenters. The first kappa shape index (κ1) is 23.4. The summed E-state index contributed by atoms with van der Waals surface area (Å²) >= 11 is 0. The van der Waals surface area contributed by atoms with E-state index in [1.165, 1.54) is 0 Å². The summed E-state index contributed by atoms with van der Waals surface area (Å²) in [6, 6.07) is 4.18. The van der Waals surface area contributed by atoms with Gasteiger partial charge in [-0.05, 0) is 58.1 Å². The molecule has 9 heteroatoms. The van der Waals surface area contributed by atoms with E-state index < -0.39 is 41.4 Å². The molecule has 1 aromatic rings. The highest BCUT2D eigenvalue weighted by atomic mass is 16.6. The summed E-state index contributed by atoms with van der Waals surface area (Å²) in [6.45, 7) is 5.90. The fourth-order valence-electron chi connectivity index (χ4n) is 3.92. The van der Waals surface area contributed by atoms with Gasteiger partial charge in [0, 0.05) is 13.0 Å². The first-order valence-electron chi connectivity index (χ1n) is 10.9. The van der Waals surface area contributed by atoms with Crippen LogP contribution in [-0.2, 0) is 20.7 Å². The average Bonchev–Trinajstić information content (AvgIpc) is 2.95. The lowest BCUT2D eigenvalue weighted by Gasteiger charge is -2.27. The molecule has 2 N–H and O–H groups in total. The normalized spacial score (nSPS) is 18.5. The molecule has 0 spiro atoms. The van der Waals surface area contributed by atoms with E-state index in [1.807, 2.05) is 6.07 Å². The van der Waals surface area contributed by atoms with Crippen LogP contribution in [0, 0.1) is 0 Å². The van der Waals surface area contributed by atoms with Crippen molar-refractivity contribution in [3.8, 4) is 0 Å². The molecule has 0 aliphatic carbocycles. The summed E-state index contributed by atoms with van der Waals surface area (Å²) in [5, 5.41) is 4.91. The number of carbonyl (C=O) groups excluding carboxylic acids is 5. The molecule has 2 heterocycles. The Morgan fingerprint density at radius 1 is 1.12 bits per heavy atom. The molecule has 0 saturated carbocycles. The maximum absolute atomic E-state index is 13.1. The third-order valence-corrected chi connectivity index (χ3v) is 5.35. The number of imide groups is 2. The van der Waals surface area contributed by atoms with Gasteiger partial charge in [0.1, 0.15) is 11.6 Å². The summed E-state index contributed by atoms with van der Waals surface area (Å²) in [7, 11) is 0. The summed E-state index contributed by atoms with van der Waals surface area (Å²) in [4.78, 5) is 62.2. The number of benzene rings is 1. The lowest BCUT2D eigenvalue weighted by atomic mass is 9.98. The van der Waals surface area contributed by atoms with Crippen molar-refractivity contribution in [3.63, 3.8) is 0 Å². The minimum atomic E-state index is -0.966. The number of piperidine rings is 1. The summed E-state index contributed by atoms with van der Waals surface area (Å²) in [5.74, 6) is -2.00. The van der Waals surface area contributed by atoms with Gasteiger partial charge < -0.3 is 10.1 Å². The number of unbranched alkanes of at least 4 members (excludes halogenated alkanes) is 2. The number of fused-ring (bicyclic) bond motifs is 1. The summed E-state index contributed by atoms with van der Waals surface area (Å²) in [5.41, 5.74) is 0.859. The molecule has 1 saturated heterocycles. The van der Waals surface area contributed by atoms with Gasteiger partial charge in [0.25, 0.3) is 11.8 Å². The van der Waals surface area contributed by atoms with Crippen LogP contribution in [0.2, 0.25) is 0 Å². The molecule has 5 amide bonds. The predicted molar refractivity (Wildman–Crippen MR) is 115 cm³/mol. The van der Waals surface area contributed by atoms with Gasteiger partial charge in [0.15, 0.2) is 0 Å². The molecular formula is C23H29N3O6. The Morgan fingerprint density at radius 2 is 1.88 bits per heavy atom. The van der Waals surface area contributed by atoms with E-state index in [-0.39, 0.29) is 12.8 Å². The molecule has 1 fully saturated rings. The van der Waals surface area contributed by atoms with Crippen molar-refractivity contribution in [2.75, 3.05) is 6.54 Å². The molecule has 9 nitrogen and oxygen atoms in total. The predicted octanol–water partition coefficient (Wildman–Crippen LogP) is 2.33. The lowest BCUT2D eigenvalue weighted by Crippen LogP contribution is -2.54. The minimum absolute atomic E-state index is 0.0913. The number of aryl methyl sites for hydroxylation is 1. The largest absolute Gasteiger partial charge is 0.444 e. The second kappa shape index (κ2) is 9.50. The fraction of sp³-hybridized carbons (Fsp3) is 0.522. The molecule has 172 valence electrons. The number of alkyl carbamates (subject to hydrolysis) is 1. The minimum Gasteiger partial charge on any atom is -0.444 e. The zero-order chi connectivity index (χ0) is 23.5. The Morgan fingerprint density at radius 3 is 2.56 bits per heavy atom. The van der Waals surface area contributed by atoms with Gasteiger partial charge in [-0.15, -0.1) is 0 Å². The molecule has 0 radical (unpaired) electrons. The van der Waals surface area contributed by atoms with Crippen LogP contribution in [0.3, 0.4) is 0 Å². The standard InChI is InChI=1S/C23H29N3O6/c1-23(2,3)32-22(31)24-13-6-4-5-8-14-9-7-10-15-18(14)21(30)26(20(15)29)16-11-12-17(27)25-19(16)28/h7,9-10,16H,4-6,8,11-13H2,1-3H3,(H,24,31)(H,25,27,28). The van der Waals surface area contributed by atoms with Crippen LogP contribution in [-0.4, -0.2) is 52.8 Å². The van der Waals surface area contributed by atoms with Gasteiger partial charge in [-0.25, -0.2) is 4.79 Å². The molecular weight excluding hydrogens is 414 g/mol. The number of hydrogen-bond acceptors (Lipinski definition) is 6. The summed E-state index contributed by atoms with van der Waals surface area (Å²) < 4.78 is 5.19. The van der Waals surface area contributed by atoms with E-state index in [9.17, 15) is 24.0 Å². The topological polar surface area (TPSA) is 122 Å². The van der Waals surface area contributed by atoms with Crippen molar-refractivity contribution in [3.05, 3.63) is 34.9 Å². The quantitative estimate of drug-likeness (QED) is 0.493. The van der Waals surface area contributed by atoms with Crippen LogP contribution in [0.5, 0.6) is 0 Å². The highest BCUT2D eigenvalue weighted by Gasteiger charge is 2.45. The van der Waals surface area contributed by atoms with E-state index in [1.54, 1.807) is 32.9 Å². The van der Waals surface area contributed by atoms with Crippen LogP contribution in [0.15, 0.2) is 18.2 Å². The second-order valence-electron chi connectivity index (χ2n) is 9.03. The average molecular weight is 444 g/mol. The van der Waals surface area contributed by atoms with Gasteiger partial charge in [0.2, 0.25) is 11.8 Å². The Bertz CT molecular complexity index is 950. The van der Waals surface area contributed by atoms with E-state index in [4.69, 9.17) is 4.74 Å². The van der Waals surface area contributed by atoms with Crippen molar-refractivity contribution >= 4 is 29.7 Å². The van der Waals surface area contributed by atoms with E-state index in [0.717, 1.165) is 29.7 Å². The first-order chi connectivity index (χ1) is 15.1. The Balaban J connectivity index is 1.55. The fourth-order valence-corrected chi connectivity index (χ4v) is 3.92. The zero-order valence-electron chi connectivity index (χ0n) is 18.7. The van der Waals surface area contributed by atoms with E-state index >= 15 is 0 Å². The first-order valence-corrected chi connectivity index (χ1v) is 10.9. The van der Waals surface area contributed by atoms with Crippen LogP contribution in [0.1, 0.15) is 79.2 Å². The molecule has 3 rings (SSSR count). The lowest BCUT2D eigenvalue weighted by molar-refractivity contribution is -0.136. The number of carbonyl (C=O) groups is 5. The molecule has 0 bridgehead atoms. The highest BCUT2D eigenvalue weighted by molar-refractivity contribution is 6.24. The smallest absolute Gasteiger partial charge is 0.407 e. The monoisotopic (exact) mass is 443 g/mol. The number of nitrogens with zero attached hydrogens (tertiary/aromatic N) is 1. The molecule has 0 aromatic heterocycles. The van der Waals surface area contributed by atoms with Crippen molar-refractivity contribution in [1.82, 2.24) is 15.5 Å². The number of ether oxygens (including phenoxy) is 1. The number of amides is 5. The van der Waals surface area contributed by atoms with Gasteiger partial charge in [-0.1, -0.05) is 18.6 Å². The third kappa shape index (κ3) is 5.33. The molecule has 2 aliphatic rings. The Kier molecular flexibility index (Phi) is 6.96. The zero-order valence-corrected chi connectivity index (χ0v) is 18.7. The van der Waals surface area contributed by atoms with E-state index in [2.05, 4.69) is 10.6 Å². The third-order valence-electron chi connectivity index (χ3n) is 5.35. The second-order valence-corrected chi connectivity index (χ2v) is 9.03. The van der Waals surface area contributed by atoms with Crippen LogP contribution < -0.4 is 10.6 Å². The molecule has 2 aliphatic heterocycles. The number of rotatable bonds is 7. The number of nitrogens with one attached hydrogen (secondary N) is 2. The van der Waals surface area contributed by atoms with E-state index in [0.29, 0.717) is 24.1 Å². The van der Waals surface area contributed by atoms with Gasteiger partial charge in [0.05, 0.1) is 11.1 Å². The van der Waals surface area contributed by atoms with Crippen LogP contribution in [0.4, 0.5) is 4.79 Å². The van der Waals surface area contributed by atoms with Crippen LogP contribution >= 0.6 is 0 Å². The maximum Gasteiger partial charge on any atom is 0.407 e. The van der Waals surface area contributed by atoms with Gasteiger partial charge >= 0.3 is 6.09 Å². The van der Waals surface area contributed by atoms with Crippen molar-refractivity contribution in [1.29, 1.82) is 0 Å². The molecule has 32 heavy (non-hydrogen) atoms. The SMILES string of the molecule is CC(C)(C)OC(=O)NCCCCCc1cccc2c1C(=O)N(C1CCC(=O)NC1=O)C2=O. The maximum atomic E-state index is 13.1. The Hall–Kier alpha value is -3.23. The van der Waals surface area contributed by atoms with Gasteiger partial charge in [-0.2, -0.15) is 0 Å². The molecule has 1 aromatic carbocycles. The van der Waals surface area contributed by atoms with Crippen molar-refractivity contribution in [2.24, 2.45) is 0 Å². The van der Waals surface area contributed by atoms with Crippen molar-refractivity contribution in [2.45, 2.75) is 70.9 Å². The Labute approximate surface area is 186 Å². The van der Waals surface area contributed by atoms with Crippen LogP contribution in [0.25, 0.3) is 0 Å². The van der Waals surface area contributed by atoms with Gasteiger partial charge in [-0.3, -0.25) is 29.4 Å². The van der Waals surface area contributed by atoms with Crippen molar-refractivity contribution < 1.29 is 28.7 Å². The number of hydrogen-bond donors (Lipinski definition) is 2. The molecule has 1 atom stereocenters. The highest BCUT2D eigenvalue weighted by Crippen LogP contribution is 2.30.